The van der Waals surface area contributed by atoms with Crippen LogP contribution in [0.15, 0.2) is 182 Å². The molecule has 0 fully saturated rings. The molecule has 4 nitrogen and oxygen atoms in total. The lowest BCUT2D eigenvalue weighted by molar-refractivity contribution is 1.08. The van der Waals surface area contributed by atoms with E-state index in [0.29, 0.717) is 5.82 Å². The first-order valence-corrected chi connectivity index (χ1v) is 18.4. The van der Waals surface area contributed by atoms with Gasteiger partial charge >= 0.3 is 0 Å². The van der Waals surface area contributed by atoms with Crippen molar-refractivity contribution in [2.24, 2.45) is 0 Å². The summed E-state index contributed by atoms with van der Waals surface area (Å²) in [6.07, 6.45) is 0. The molecule has 0 saturated heterocycles. The Labute approximate surface area is 310 Å². The van der Waals surface area contributed by atoms with Crippen molar-refractivity contribution in [3.8, 4) is 39.5 Å². The minimum absolute atomic E-state index is 0.710. The largest absolute Gasteiger partial charge is 0.308 e. The smallest absolute Gasteiger partial charge is 0.162 e. The summed E-state index contributed by atoms with van der Waals surface area (Å²) in [5.41, 5.74) is 12.6. The van der Waals surface area contributed by atoms with Crippen molar-refractivity contribution in [3.63, 3.8) is 0 Å². The van der Waals surface area contributed by atoms with Gasteiger partial charge in [-0.3, -0.25) is 4.57 Å². The molecule has 250 valence electrons. The van der Waals surface area contributed by atoms with Crippen molar-refractivity contribution in [3.05, 3.63) is 182 Å². The van der Waals surface area contributed by atoms with Gasteiger partial charge in [0.25, 0.3) is 0 Å². The zero-order valence-electron chi connectivity index (χ0n) is 29.1. The highest BCUT2D eigenvalue weighted by Gasteiger charge is 2.26. The van der Waals surface area contributed by atoms with Crippen LogP contribution in [0.4, 0.5) is 0 Å². The molecule has 0 aliphatic heterocycles. The number of rotatable bonds is 4. The highest BCUT2D eigenvalue weighted by molar-refractivity contribution is 6.34. The molecular formula is C50H30N4. The molecule has 0 saturated carbocycles. The van der Waals surface area contributed by atoms with Crippen molar-refractivity contribution in [1.82, 2.24) is 18.9 Å². The lowest BCUT2D eigenvalue weighted by Crippen LogP contribution is -2.03. The topological polar surface area (TPSA) is 35.1 Å². The fourth-order valence-electron chi connectivity index (χ4n) is 8.84. The Morgan fingerprint density at radius 1 is 0.333 bits per heavy atom. The maximum atomic E-state index is 5.45. The second-order valence-corrected chi connectivity index (χ2v) is 14.2. The fourth-order valence-corrected chi connectivity index (χ4v) is 8.84. The first kappa shape index (κ1) is 29.3. The summed E-state index contributed by atoms with van der Waals surface area (Å²) in [6, 6.07) is 65.3. The van der Waals surface area contributed by atoms with Crippen LogP contribution in [0.2, 0.25) is 0 Å². The zero-order chi connectivity index (χ0) is 35.3. The average molecular weight is 687 g/mol. The van der Waals surface area contributed by atoms with Gasteiger partial charge in [0.15, 0.2) is 5.82 Å². The Bertz CT molecular complexity index is 3410. The minimum Gasteiger partial charge on any atom is -0.308 e. The molecule has 0 radical (unpaired) electrons. The lowest BCUT2D eigenvalue weighted by atomic mass is 9.98. The van der Waals surface area contributed by atoms with Gasteiger partial charge in [-0.05, 0) is 64.7 Å². The molecule has 0 bridgehead atoms. The van der Waals surface area contributed by atoms with Crippen LogP contribution in [0, 0.1) is 0 Å². The molecule has 0 N–H and O–H groups in total. The van der Waals surface area contributed by atoms with E-state index in [1.807, 2.05) is 6.07 Å². The SMILES string of the molecule is c1ccc(-c2ccc(-c3ccc4c(c3)c3cc5c6ccccc6n6c7ccccc7c(c3n4-c3nc(-c4ccccc4)nc4ccccc34)c56)cc2)cc1. The summed E-state index contributed by atoms with van der Waals surface area (Å²) < 4.78 is 4.88. The molecule has 0 atom stereocenters. The first-order chi connectivity index (χ1) is 26.8. The third-order valence-electron chi connectivity index (χ3n) is 11.2. The summed E-state index contributed by atoms with van der Waals surface area (Å²) >= 11 is 0. The van der Waals surface area contributed by atoms with Gasteiger partial charge in [-0.25, -0.2) is 9.97 Å². The van der Waals surface area contributed by atoms with Crippen molar-refractivity contribution < 1.29 is 0 Å². The molecule has 8 aromatic carbocycles. The lowest BCUT2D eigenvalue weighted by Gasteiger charge is -2.13. The third kappa shape index (κ3) is 4.08. The maximum Gasteiger partial charge on any atom is 0.162 e. The highest BCUT2D eigenvalue weighted by Crippen LogP contribution is 2.47. The number of aromatic nitrogens is 4. The Kier molecular flexibility index (Phi) is 6.02. The summed E-state index contributed by atoms with van der Waals surface area (Å²) in [4.78, 5) is 10.5. The molecule has 12 aromatic rings. The molecule has 4 heterocycles. The van der Waals surface area contributed by atoms with Crippen molar-refractivity contribution in [2.45, 2.75) is 0 Å². The quantitative estimate of drug-likeness (QED) is 0.185. The van der Waals surface area contributed by atoms with Crippen LogP contribution in [-0.2, 0) is 0 Å². The second kappa shape index (κ2) is 11.1. The van der Waals surface area contributed by atoms with E-state index < -0.39 is 0 Å². The van der Waals surface area contributed by atoms with Crippen LogP contribution < -0.4 is 0 Å². The average Bonchev–Trinajstić information content (AvgIpc) is 3.88. The van der Waals surface area contributed by atoms with Crippen LogP contribution in [0.3, 0.4) is 0 Å². The Morgan fingerprint density at radius 2 is 0.889 bits per heavy atom. The van der Waals surface area contributed by atoms with Crippen LogP contribution >= 0.6 is 0 Å². The van der Waals surface area contributed by atoms with E-state index in [1.54, 1.807) is 0 Å². The van der Waals surface area contributed by atoms with E-state index in [0.717, 1.165) is 33.3 Å². The maximum absolute atomic E-state index is 5.45. The molecule has 0 unspecified atom stereocenters. The van der Waals surface area contributed by atoms with E-state index in [9.17, 15) is 0 Å². The van der Waals surface area contributed by atoms with Gasteiger partial charge in [-0.2, -0.15) is 0 Å². The normalized spacial score (nSPS) is 12.1. The van der Waals surface area contributed by atoms with Crippen molar-refractivity contribution in [1.29, 1.82) is 0 Å². The second-order valence-electron chi connectivity index (χ2n) is 14.2. The predicted octanol–water partition coefficient (Wildman–Crippen LogP) is 12.9. The van der Waals surface area contributed by atoms with Gasteiger partial charge in [0.1, 0.15) is 5.82 Å². The predicted molar refractivity (Wildman–Crippen MR) is 225 cm³/mol. The molecule has 0 aliphatic rings. The van der Waals surface area contributed by atoms with Gasteiger partial charge in [0.2, 0.25) is 0 Å². The molecule has 4 aromatic heterocycles. The van der Waals surface area contributed by atoms with Crippen LogP contribution in [-0.4, -0.2) is 18.9 Å². The fraction of sp³-hybridized carbons (Fsp3) is 0. The van der Waals surface area contributed by atoms with Gasteiger partial charge in [-0.1, -0.05) is 140 Å². The number of benzene rings is 8. The van der Waals surface area contributed by atoms with Crippen molar-refractivity contribution in [2.75, 3.05) is 0 Å². The molecule has 12 rings (SSSR count). The Morgan fingerprint density at radius 3 is 1.65 bits per heavy atom. The summed E-state index contributed by atoms with van der Waals surface area (Å²) in [5.74, 6) is 1.59. The zero-order valence-corrected chi connectivity index (χ0v) is 29.1. The van der Waals surface area contributed by atoms with Crippen LogP contribution in [0.5, 0.6) is 0 Å². The molecule has 0 amide bonds. The highest BCUT2D eigenvalue weighted by atomic mass is 15.1. The number of hydrogen-bond acceptors (Lipinski definition) is 2. The van der Waals surface area contributed by atoms with Crippen molar-refractivity contribution >= 4 is 70.8 Å². The van der Waals surface area contributed by atoms with E-state index in [2.05, 4.69) is 185 Å². The summed E-state index contributed by atoms with van der Waals surface area (Å²) in [5, 5.41) is 8.41. The van der Waals surface area contributed by atoms with E-state index in [1.165, 1.54) is 71.1 Å². The minimum atomic E-state index is 0.710. The molecule has 4 heteroatoms. The summed E-state index contributed by atoms with van der Waals surface area (Å²) in [6.45, 7) is 0. The van der Waals surface area contributed by atoms with E-state index in [-0.39, 0.29) is 0 Å². The van der Waals surface area contributed by atoms with Gasteiger partial charge in [0, 0.05) is 43.3 Å². The Balaban J connectivity index is 1.24. The standard InChI is InChI=1S/C50H30N4/c1-3-13-31(14-4-1)32-23-25-33(26-24-32)35-27-28-45-39(29-35)41-30-40-36-17-8-11-21-43(36)53-44-22-12-9-19-38(44)46(47(40)53)48(41)54(45)50-37-18-7-10-20-42(37)51-49(52-50)34-15-5-2-6-16-34/h1-30H. The molecule has 0 spiro atoms. The Hall–Kier alpha value is -7.30. The monoisotopic (exact) mass is 686 g/mol. The number of para-hydroxylation sites is 3. The molecular weight excluding hydrogens is 657 g/mol. The van der Waals surface area contributed by atoms with Gasteiger partial charge in [-0.15, -0.1) is 0 Å². The van der Waals surface area contributed by atoms with E-state index >= 15 is 0 Å². The summed E-state index contributed by atoms with van der Waals surface area (Å²) in [7, 11) is 0. The van der Waals surface area contributed by atoms with E-state index in [4.69, 9.17) is 9.97 Å². The molecule has 0 aliphatic carbocycles. The van der Waals surface area contributed by atoms with Gasteiger partial charge < -0.3 is 4.40 Å². The first-order valence-electron chi connectivity index (χ1n) is 18.4. The van der Waals surface area contributed by atoms with Crippen LogP contribution in [0.1, 0.15) is 0 Å². The third-order valence-corrected chi connectivity index (χ3v) is 11.2. The number of fused-ring (bicyclic) bond motifs is 11. The number of hydrogen-bond donors (Lipinski definition) is 0. The van der Waals surface area contributed by atoms with Gasteiger partial charge in [0.05, 0.1) is 33.1 Å². The van der Waals surface area contributed by atoms with Crippen LogP contribution in [0.25, 0.3) is 110 Å². The number of nitrogens with zero attached hydrogens (tertiary/aromatic N) is 4. The molecule has 54 heavy (non-hydrogen) atoms.